The number of alkyl halides is 1. The minimum Gasteiger partial charge on any atom is -0.463 e. The second-order valence-corrected chi connectivity index (χ2v) is 6.53. The van der Waals surface area contributed by atoms with Gasteiger partial charge in [-0.1, -0.05) is 34.8 Å². The van der Waals surface area contributed by atoms with Crippen molar-refractivity contribution in [2.24, 2.45) is 0 Å². The Labute approximate surface area is 163 Å². The van der Waals surface area contributed by atoms with E-state index in [1.807, 2.05) is 0 Å². The molecule has 1 aromatic heterocycles. The molecule has 2 aromatic carbocycles. The molecule has 0 fully saturated rings. The van der Waals surface area contributed by atoms with E-state index in [-0.39, 0.29) is 16.4 Å². The first-order chi connectivity index (χ1) is 12.3. The monoisotopic (exact) mass is 412 g/mol. The number of benzene rings is 2. The Morgan fingerprint density at radius 1 is 1.12 bits per heavy atom. The van der Waals surface area contributed by atoms with Crippen LogP contribution in [-0.4, -0.2) is 11.5 Å². The van der Waals surface area contributed by atoms with Crippen LogP contribution in [-0.2, 0) is 4.79 Å². The zero-order chi connectivity index (χ0) is 18.8. The number of esters is 1. The van der Waals surface area contributed by atoms with Crippen LogP contribution in [0.15, 0.2) is 51.7 Å². The van der Waals surface area contributed by atoms with E-state index in [0.29, 0.717) is 21.7 Å². The molecule has 5 nitrogen and oxygen atoms in total. The van der Waals surface area contributed by atoms with Crippen molar-refractivity contribution < 1.29 is 18.7 Å². The van der Waals surface area contributed by atoms with Crippen molar-refractivity contribution in [1.82, 2.24) is 0 Å². The minimum atomic E-state index is -1.38. The lowest BCUT2D eigenvalue weighted by atomic mass is 10.1. The van der Waals surface area contributed by atoms with E-state index in [0.717, 1.165) is 0 Å². The molecular formula is C18H11Cl3O5. The molecule has 0 bridgehead atoms. The molecule has 0 amide bonds. The molecule has 1 heterocycles. The lowest BCUT2D eigenvalue weighted by molar-refractivity contribution is -0.138. The molecule has 0 N–H and O–H groups in total. The average molecular weight is 414 g/mol. The fourth-order valence-corrected chi connectivity index (χ4v) is 2.76. The van der Waals surface area contributed by atoms with E-state index in [9.17, 15) is 9.59 Å². The number of ether oxygens (including phenoxy) is 2. The number of fused-ring (bicyclic) bond motifs is 1. The maximum Gasteiger partial charge on any atom is 0.368 e. The number of carbonyl (C=O) groups excluding carboxylic acids is 1. The molecule has 0 aliphatic heterocycles. The fourth-order valence-electron chi connectivity index (χ4n) is 2.25. The van der Waals surface area contributed by atoms with Gasteiger partial charge in [0.1, 0.15) is 17.1 Å². The maximum atomic E-state index is 12.2. The first-order valence-electron chi connectivity index (χ1n) is 7.36. The molecule has 0 spiro atoms. The molecule has 0 saturated heterocycles. The quantitative estimate of drug-likeness (QED) is 0.262. The van der Waals surface area contributed by atoms with E-state index in [1.165, 1.54) is 12.1 Å². The van der Waals surface area contributed by atoms with Crippen molar-refractivity contribution in [1.29, 1.82) is 0 Å². The summed E-state index contributed by atoms with van der Waals surface area (Å²) in [5, 5.41) is 1.31. The number of hydrogen-bond donors (Lipinski definition) is 0. The third-order valence-corrected chi connectivity index (χ3v) is 4.34. The van der Waals surface area contributed by atoms with Gasteiger partial charge in [-0.05, 0) is 43.3 Å². The summed E-state index contributed by atoms with van der Waals surface area (Å²) >= 11 is 17.8. The largest absolute Gasteiger partial charge is 0.463 e. The van der Waals surface area contributed by atoms with Crippen molar-refractivity contribution in [3.8, 4) is 11.5 Å². The first-order valence-corrected chi connectivity index (χ1v) is 8.55. The number of carbonyl (C=O) groups is 1. The van der Waals surface area contributed by atoms with Crippen LogP contribution in [0.4, 0.5) is 0 Å². The normalized spacial score (nSPS) is 12.0. The molecule has 1 atom stereocenters. The van der Waals surface area contributed by atoms with Crippen molar-refractivity contribution in [2.45, 2.75) is 12.5 Å². The summed E-state index contributed by atoms with van der Waals surface area (Å²) in [6, 6.07) is 10.6. The Hall–Kier alpha value is -2.21. The van der Waals surface area contributed by atoms with Crippen LogP contribution in [0.25, 0.3) is 11.0 Å². The van der Waals surface area contributed by atoms with E-state index in [2.05, 4.69) is 0 Å². The summed E-state index contributed by atoms with van der Waals surface area (Å²) < 4.78 is 15.7. The standard InChI is InChI=1S/C18H11Cl3O5/c1-9-14(7-6-12-13(20)8-15(22)26-16(9)12)25-18(23)17(21)24-11-4-2-10(19)3-5-11/h2-8,17H,1H3. The van der Waals surface area contributed by atoms with Crippen LogP contribution in [0.2, 0.25) is 10.0 Å². The number of rotatable bonds is 4. The van der Waals surface area contributed by atoms with Crippen molar-refractivity contribution >= 4 is 51.7 Å². The molecule has 0 aliphatic rings. The highest BCUT2D eigenvalue weighted by Crippen LogP contribution is 2.31. The molecule has 0 aliphatic carbocycles. The number of halogens is 3. The molecule has 0 radical (unpaired) electrons. The second kappa shape index (κ2) is 7.58. The van der Waals surface area contributed by atoms with Gasteiger partial charge in [0.15, 0.2) is 0 Å². The van der Waals surface area contributed by atoms with E-state index < -0.39 is 17.2 Å². The van der Waals surface area contributed by atoms with Gasteiger partial charge in [0, 0.05) is 22.0 Å². The van der Waals surface area contributed by atoms with Crippen molar-refractivity contribution in [2.75, 3.05) is 0 Å². The Bertz CT molecular complexity index is 1030. The van der Waals surface area contributed by atoms with Gasteiger partial charge in [0.2, 0.25) is 0 Å². The molecule has 26 heavy (non-hydrogen) atoms. The predicted octanol–water partition coefficient (Wildman–Crippen LogP) is 4.96. The van der Waals surface area contributed by atoms with Crippen LogP contribution in [0.3, 0.4) is 0 Å². The summed E-state index contributed by atoms with van der Waals surface area (Å²) in [5.41, 5.74) is -1.31. The smallest absolute Gasteiger partial charge is 0.368 e. The van der Waals surface area contributed by atoms with Gasteiger partial charge in [-0.15, -0.1) is 0 Å². The second-order valence-electron chi connectivity index (χ2n) is 5.29. The van der Waals surface area contributed by atoms with Crippen LogP contribution in [0.5, 0.6) is 11.5 Å². The summed E-state index contributed by atoms with van der Waals surface area (Å²) in [6.45, 7) is 1.63. The Kier molecular flexibility index (Phi) is 5.41. The van der Waals surface area contributed by atoms with Gasteiger partial charge in [0.05, 0.1) is 5.02 Å². The topological polar surface area (TPSA) is 65.7 Å². The van der Waals surface area contributed by atoms with Crippen LogP contribution in [0.1, 0.15) is 5.56 Å². The van der Waals surface area contributed by atoms with Gasteiger partial charge in [-0.3, -0.25) is 0 Å². The van der Waals surface area contributed by atoms with Crippen molar-refractivity contribution in [3.05, 3.63) is 68.5 Å². The van der Waals surface area contributed by atoms with Crippen LogP contribution < -0.4 is 15.1 Å². The molecular weight excluding hydrogens is 403 g/mol. The molecule has 8 heteroatoms. The van der Waals surface area contributed by atoms with Gasteiger partial charge in [0.25, 0.3) is 5.56 Å². The fraction of sp³-hybridized carbons (Fsp3) is 0.111. The highest BCUT2D eigenvalue weighted by molar-refractivity contribution is 6.35. The molecule has 3 rings (SSSR count). The zero-order valence-electron chi connectivity index (χ0n) is 13.3. The molecule has 0 saturated carbocycles. The minimum absolute atomic E-state index is 0.179. The summed E-state index contributed by atoms with van der Waals surface area (Å²) in [6.07, 6.45) is 0. The highest BCUT2D eigenvalue weighted by atomic mass is 35.5. The lowest BCUT2D eigenvalue weighted by Gasteiger charge is -2.14. The molecule has 3 aromatic rings. The molecule has 134 valence electrons. The van der Waals surface area contributed by atoms with Gasteiger partial charge in [-0.2, -0.15) is 0 Å². The third-order valence-electron chi connectivity index (χ3n) is 3.51. The Balaban J connectivity index is 1.81. The Morgan fingerprint density at radius 3 is 2.50 bits per heavy atom. The summed E-state index contributed by atoms with van der Waals surface area (Å²) in [5.74, 6) is -0.286. The Morgan fingerprint density at radius 2 is 1.81 bits per heavy atom. The van der Waals surface area contributed by atoms with E-state index in [1.54, 1.807) is 37.3 Å². The third kappa shape index (κ3) is 3.96. The van der Waals surface area contributed by atoms with Gasteiger partial charge >= 0.3 is 11.6 Å². The lowest BCUT2D eigenvalue weighted by Crippen LogP contribution is -2.26. The zero-order valence-corrected chi connectivity index (χ0v) is 15.6. The van der Waals surface area contributed by atoms with Gasteiger partial charge < -0.3 is 13.9 Å². The van der Waals surface area contributed by atoms with Crippen LogP contribution in [0, 0.1) is 6.92 Å². The molecule has 1 unspecified atom stereocenters. The predicted molar refractivity (Wildman–Crippen MR) is 99.6 cm³/mol. The summed E-state index contributed by atoms with van der Waals surface area (Å²) in [4.78, 5) is 23.7. The number of aryl methyl sites for hydroxylation is 1. The van der Waals surface area contributed by atoms with Crippen LogP contribution >= 0.6 is 34.8 Å². The summed E-state index contributed by atoms with van der Waals surface area (Å²) in [7, 11) is 0. The highest BCUT2D eigenvalue weighted by Gasteiger charge is 2.22. The van der Waals surface area contributed by atoms with Crippen molar-refractivity contribution in [3.63, 3.8) is 0 Å². The van der Waals surface area contributed by atoms with E-state index in [4.69, 9.17) is 48.7 Å². The van der Waals surface area contributed by atoms with Gasteiger partial charge in [-0.25, -0.2) is 9.59 Å². The SMILES string of the molecule is Cc1c(OC(=O)C(Cl)Oc2ccc(Cl)cc2)ccc2c(Cl)cc(=O)oc12. The maximum absolute atomic E-state index is 12.2. The average Bonchev–Trinajstić information content (AvgIpc) is 2.59. The number of hydrogen-bond acceptors (Lipinski definition) is 5. The first kappa shape index (κ1) is 18.6. The van der Waals surface area contributed by atoms with E-state index >= 15 is 0 Å².